The van der Waals surface area contributed by atoms with Gasteiger partial charge in [-0.25, -0.2) is 9.18 Å². The molecule has 2 fully saturated rings. The van der Waals surface area contributed by atoms with E-state index in [0.29, 0.717) is 6.61 Å². The summed E-state index contributed by atoms with van der Waals surface area (Å²) in [5.41, 5.74) is 1.98. The number of nitrogens with zero attached hydrogens (tertiary/aromatic N) is 2. The molecule has 2 aliphatic heterocycles. The monoisotopic (exact) mass is 369 g/mol. The molecule has 0 bridgehead atoms. The van der Waals surface area contributed by atoms with E-state index < -0.39 is 0 Å². The predicted molar refractivity (Wildman–Crippen MR) is 99.6 cm³/mol. The van der Waals surface area contributed by atoms with Crippen molar-refractivity contribution in [2.75, 3.05) is 13.2 Å². The summed E-state index contributed by atoms with van der Waals surface area (Å²) in [6.45, 7) is 1.42. The van der Waals surface area contributed by atoms with Crippen LogP contribution >= 0.6 is 0 Å². The van der Waals surface area contributed by atoms with E-state index in [-0.39, 0.29) is 30.0 Å². The molecule has 6 heteroatoms. The Morgan fingerprint density at radius 2 is 1.93 bits per heavy atom. The van der Waals surface area contributed by atoms with Gasteiger partial charge in [0.1, 0.15) is 5.82 Å². The number of ether oxygens (including phenoxy) is 1. The van der Waals surface area contributed by atoms with E-state index in [1.807, 2.05) is 17.0 Å². The highest BCUT2D eigenvalue weighted by atomic mass is 19.1. The van der Waals surface area contributed by atoms with E-state index in [2.05, 4.69) is 10.3 Å². The van der Waals surface area contributed by atoms with Crippen LogP contribution in [0, 0.1) is 5.82 Å². The topological polar surface area (TPSA) is 54.5 Å². The van der Waals surface area contributed by atoms with Crippen molar-refractivity contribution in [3.05, 3.63) is 65.7 Å². The lowest BCUT2D eigenvalue weighted by molar-refractivity contribution is 0.0775. The minimum absolute atomic E-state index is 0.0614. The van der Waals surface area contributed by atoms with Gasteiger partial charge < -0.3 is 15.0 Å². The Morgan fingerprint density at radius 1 is 1.15 bits per heavy atom. The minimum atomic E-state index is -0.284. The zero-order valence-electron chi connectivity index (χ0n) is 15.2. The van der Waals surface area contributed by atoms with Crippen molar-refractivity contribution in [2.45, 2.75) is 43.9 Å². The Balaban J connectivity index is 1.53. The van der Waals surface area contributed by atoms with Gasteiger partial charge in [-0.3, -0.25) is 4.98 Å². The summed E-state index contributed by atoms with van der Waals surface area (Å²) in [4.78, 5) is 19.1. The second kappa shape index (κ2) is 8.05. The summed E-state index contributed by atoms with van der Waals surface area (Å²) in [6.07, 6.45) is 7.22. The zero-order valence-corrected chi connectivity index (χ0v) is 15.2. The predicted octanol–water partition coefficient (Wildman–Crippen LogP) is 3.99. The van der Waals surface area contributed by atoms with Crippen LogP contribution in [-0.4, -0.2) is 35.2 Å². The van der Waals surface area contributed by atoms with Crippen LogP contribution in [0.25, 0.3) is 0 Å². The first kappa shape index (κ1) is 17.9. The highest BCUT2D eigenvalue weighted by Crippen LogP contribution is 2.33. The summed E-state index contributed by atoms with van der Waals surface area (Å²) in [5.74, 6) is -0.284. The normalized spacial score (nSPS) is 23.4. The smallest absolute Gasteiger partial charge is 0.318 e. The van der Waals surface area contributed by atoms with Gasteiger partial charge >= 0.3 is 6.03 Å². The summed E-state index contributed by atoms with van der Waals surface area (Å²) < 4.78 is 19.2. The SMILES string of the molecule is O=C(NC(c1ccc(F)cc1)C1CCCO1)N1CCCC1c1ccncc1. The van der Waals surface area contributed by atoms with Crippen molar-refractivity contribution in [1.82, 2.24) is 15.2 Å². The van der Waals surface area contributed by atoms with Gasteiger partial charge in [-0.1, -0.05) is 12.1 Å². The van der Waals surface area contributed by atoms with E-state index in [9.17, 15) is 9.18 Å². The number of amides is 2. The molecule has 2 saturated heterocycles. The number of likely N-dealkylation sites (tertiary alicyclic amines) is 1. The number of hydrogen-bond donors (Lipinski definition) is 1. The average molecular weight is 369 g/mol. The van der Waals surface area contributed by atoms with E-state index >= 15 is 0 Å². The van der Waals surface area contributed by atoms with Crippen LogP contribution in [0.4, 0.5) is 9.18 Å². The molecule has 4 rings (SSSR count). The zero-order chi connectivity index (χ0) is 18.6. The van der Waals surface area contributed by atoms with Gasteiger partial charge in [0.15, 0.2) is 0 Å². The lowest BCUT2D eigenvalue weighted by atomic mass is 9.99. The molecule has 1 aromatic heterocycles. The third kappa shape index (κ3) is 3.95. The van der Waals surface area contributed by atoms with Crippen molar-refractivity contribution in [2.24, 2.45) is 0 Å². The first-order valence-corrected chi connectivity index (χ1v) is 9.56. The molecule has 3 heterocycles. The Labute approximate surface area is 158 Å². The molecular weight excluding hydrogens is 345 g/mol. The molecule has 1 aromatic carbocycles. The molecule has 0 spiro atoms. The third-order valence-electron chi connectivity index (χ3n) is 5.45. The van der Waals surface area contributed by atoms with Crippen LogP contribution in [0.2, 0.25) is 0 Å². The molecule has 5 nitrogen and oxygen atoms in total. The molecule has 3 unspecified atom stereocenters. The Morgan fingerprint density at radius 3 is 2.63 bits per heavy atom. The standard InChI is InChI=1S/C21H24FN3O2/c22-17-7-5-16(6-8-17)20(19-4-2-14-27-19)24-21(26)25-13-1-3-18(25)15-9-11-23-12-10-15/h5-12,18-20H,1-4,13-14H2,(H,24,26). The number of halogens is 1. The first-order chi connectivity index (χ1) is 13.2. The Kier molecular flexibility index (Phi) is 5.34. The third-order valence-corrected chi connectivity index (χ3v) is 5.45. The summed E-state index contributed by atoms with van der Waals surface area (Å²) >= 11 is 0. The fourth-order valence-electron chi connectivity index (χ4n) is 4.08. The lowest BCUT2D eigenvalue weighted by Crippen LogP contribution is -2.44. The lowest BCUT2D eigenvalue weighted by Gasteiger charge is -2.30. The average Bonchev–Trinajstić information content (AvgIpc) is 3.39. The van der Waals surface area contributed by atoms with Gasteiger partial charge in [0.05, 0.1) is 18.2 Å². The van der Waals surface area contributed by atoms with Crippen molar-refractivity contribution >= 4 is 6.03 Å². The highest BCUT2D eigenvalue weighted by molar-refractivity contribution is 5.75. The molecule has 0 aliphatic carbocycles. The van der Waals surface area contributed by atoms with Crippen LogP contribution < -0.4 is 5.32 Å². The Hall–Kier alpha value is -2.47. The molecular formula is C21H24FN3O2. The largest absolute Gasteiger partial charge is 0.376 e. The van der Waals surface area contributed by atoms with Crippen molar-refractivity contribution in [3.63, 3.8) is 0 Å². The van der Waals surface area contributed by atoms with Gasteiger partial charge in [0.25, 0.3) is 0 Å². The van der Waals surface area contributed by atoms with Crippen LogP contribution in [0.5, 0.6) is 0 Å². The number of nitrogens with one attached hydrogen (secondary N) is 1. The molecule has 142 valence electrons. The summed E-state index contributed by atoms with van der Waals surface area (Å²) in [7, 11) is 0. The minimum Gasteiger partial charge on any atom is -0.376 e. The second-order valence-electron chi connectivity index (χ2n) is 7.16. The number of carbonyl (C=O) groups excluding carboxylic acids is 1. The van der Waals surface area contributed by atoms with Crippen molar-refractivity contribution in [3.8, 4) is 0 Å². The molecule has 2 amide bonds. The fraction of sp³-hybridized carbons (Fsp3) is 0.429. The van der Waals surface area contributed by atoms with Gasteiger partial charge in [0, 0.05) is 25.5 Å². The quantitative estimate of drug-likeness (QED) is 0.887. The number of pyridine rings is 1. The summed E-state index contributed by atoms with van der Waals surface area (Å²) in [6, 6.07) is 9.93. The molecule has 0 radical (unpaired) electrons. The number of carbonyl (C=O) groups is 1. The Bertz CT molecular complexity index is 763. The van der Waals surface area contributed by atoms with Gasteiger partial charge in [-0.2, -0.15) is 0 Å². The molecule has 1 N–H and O–H groups in total. The molecule has 2 aromatic rings. The first-order valence-electron chi connectivity index (χ1n) is 9.56. The molecule has 0 saturated carbocycles. The highest BCUT2D eigenvalue weighted by Gasteiger charge is 2.34. The number of rotatable bonds is 4. The maximum atomic E-state index is 13.3. The van der Waals surface area contributed by atoms with Gasteiger partial charge in [-0.15, -0.1) is 0 Å². The van der Waals surface area contributed by atoms with Crippen LogP contribution in [-0.2, 0) is 4.74 Å². The van der Waals surface area contributed by atoms with Crippen molar-refractivity contribution in [1.29, 1.82) is 0 Å². The van der Waals surface area contributed by atoms with Crippen LogP contribution in [0.15, 0.2) is 48.8 Å². The van der Waals surface area contributed by atoms with Crippen molar-refractivity contribution < 1.29 is 13.9 Å². The van der Waals surface area contributed by atoms with Gasteiger partial charge in [-0.05, 0) is 61.1 Å². The van der Waals surface area contributed by atoms with Crippen LogP contribution in [0.1, 0.15) is 48.9 Å². The number of urea groups is 1. The number of benzene rings is 1. The van der Waals surface area contributed by atoms with Gasteiger partial charge in [0.2, 0.25) is 0 Å². The second-order valence-corrected chi connectivity index (χ2v) is 7.16. The van der Waals surface area contributed by atoms with E-state index in [0.717, 1.165) is 43.4 Å². The maximum absolute atomic E-state index is 13.3. The van der Waals surface area contributed by atoms with E-state index in [1.165, 1.54) is 12.1 Å². The number of hydrogen-bond acceptors (Lipinski definition) is 3. The number of aromatic nitrogens is 1. The van der Waals surface area contributed by atoms with Crippen LogP contribution in [0.3, 0.4) is 0 Å². The maximum Gasteiger partial charge on any atom is 0.318 e. The fourth-order valence-corrected chi connectivity index (χ4v) is 4.08. The summed E-state index contributed by atoms with van der Waals surface area (Å²) in [5, 5.41) is 3.16. The molecule has 27 heavy (non-hydrogen) atoms. The van der Waals surface area contributed by atoms with E-state index in [4.69, 9.17) is 4.74 Å². The molecule has 2 aliphatic rings. The van der Waals surface area contributed by atoms with E-state index in [1.54, 1.807) is 24.5 Å². The molecule has 3 atom stereocenters.